The Hall–Kier alpha value is -1.09. The van der Waals surface area contributed by atoms with Crippen LogP contribution in [-0.2, 0) is 9.53 Å². The lowest BCUT2D eigenvalue weighted by Gasteiger charge is -2.38. The average Bonchev–Trinajstić information content (AvgIpc) is 2.45. The predicted octanol–water partition coefficient (Wildman–Crippen LogP) is 3.38. The Kier molecular flexibility index (Phi) is 4.48. The van der Waals surface area contributed by atoms with Crippen molar-refractivity contribution in [1.29, 1.82) is 0 Å². The van der Waals surface area contributed by atoms with Crippen molar-refractivity contribution in [2.75, 3.05) is 0 Å². The molecule has 1 heterocycles. The molecular formula is C18H26O3. The highest BCUT2D eigenvalue weighted by Crippen LogP contribution is 2.42. The highest BCUT2D eigenvalue weighted by Gasteiger charge is 2.33. The molecule has 1 N–H and O–H groups in total. The molecule has 1 fully saturated rings. The van der Waals surface area contributed by atoms with Crippen molar-refractivity contribution < 1.29 is 14.6 Å². The highest BCUT2D eigenvalue weighted by molar-refractivity contribution is 5.70. The first-order chi connectivity index (χ1) is 10.1. The van der Waals surface area contributed by atoms with Crippen molar-refractivity contribution in [1.82, 2.24) is 0 Å². The molecule has 116 valence electrons. The Labute approximate surface area is 127 Å². The topological polar surface area (TPSA) is 46.5 Å². The van der Waals surface area contributed by atoms with Gasteiger partial charge in [-0.15, -0.1) is 0 Å². The summed E-state index contributed by atoms with van der Waals surface area (Å²) in [6.07, 6.45) is 13.0. The van der Waals surface area contributed by atoms with Crippen LogP contribution in [0, 0.1) is 17.8 Å². The van der Waals surface area contributed by atoms with E-state index in [-0.39, 0.29) is 18.5 Å². The molecule has 0 aromatic heterocycles. The minimum Gasteiger partial charge on any atom is -0.462 e. The van der Waals surface area contributed by atoms with Crippen LogP contribution in [0.1, 0.15) is 51.9 Å². The minimum atomic E-state index is -0.509. The van der Waals surface area contributed by atoms with E-state index in [1.807, 2.05) is 0 Å². The number of rotatable bonds is 3. The van der Waals surface area contributed by atoms with Crippen LogP contribution in [-0.4, -0.2) is 23.3 Å². The summed E-state index contributed by atoms with van der Waals surface area (Å²) in [6.45, 7) is 2.30. The molecule has 0 amide bonds. The van der Waals surface area contributed by atoms with E-state index in [9.17, 15) is 9.90 Å². The number of carbonyl (C=O) groups is 1. The number of carbonyl (C=O) groups excluding carboxylic acids is 1. The van der Waals surface area contributed by atoms with Gasteiger partial charge in [-0.25, -0.2) is 0 Å². The third kappa shape index (κ3) is 3.39. The van der Waals surface area contributed by atoms with Gasteiger partial charge in [0.2, 0.25) is 0 Å². The van der Waals surface area contributed by atoms with Gasteiger partial charge in [0.25, 0.3) is 0 Å². The van der Waals surface area contributed by atoms with Crippen LogP contribution in [0.4, 0.5) is 0 Å². The third-order valence-electron chi connectivity index (χ3n) is 5.37. The largest absolute Gasteiger partial charge is 0.462 e. The number of aliphatic hydroxyl groups is 1. The average molecular weight is 290 g/mol. The number of hydrogen-bond donors (Lipinski definition) is 1. The molecule has 2 unspecified atom stereocenters. The van der Waals surface area contributed by atoms with Crippen molar-refractivity contribution in [3.05, 3.63) is 23.8 Å². The summed E-state index contributed by atoms with van der Waals surface area (Å²) in [5.41, 5.74) is 1.52. The molecule has 3 rings (SSSR count). The van der Waals surface area contributed by atoms with Gasteiger partial charge in [-0.2, -0.15) is 0 Å². The second-order valence-electron chi connectivity index (χ2n) is 6.91. The zero-order chi connectivity index (χ0) is 14.8. The van der Waals surface area contributed by atoms with Gasteiger partial charge in [0.15, 0.2) is 0 Å². The van der Waals surface area contributed by atoms with E-state index in [1.165, 1.54) is 24.8 Å². The van der Waals surface area contributed by atoms with Crippen molar-refractivity contribution >= 4 is 5.97 Å². The van der Waals surface area contributed by atoms with Crippen molar-refractivity contribution in [2.24, 2.45) is 17.8 Å². The summed E-state index contributed by atoms with van der Waals surface area (Å²) in [5.74, 6) is 1.69. The lowest BCUT2D eigenvalue weighted by atomic mass is 9.68. The molecule has 3 heteroatoms. The maximum absolute atomic E-state index is 11.4. The molecule has 21 heavy (non-hydrogen) atoms. The minimum absolute atomic E-state index is 0.0876. The summed E-state index contributed by atoms with van der Waals surface area (Å²) in [5, 5.41) is 9.71. The van der Waals surface area contributed by atoms with Gasteiger partial charge in [0, 0.05) is 6.42 Å². The molecule has 3 nitrogen and oxygen atoms in total. The molecule has 0 aromatic rings. The van der Waals surface area contributed by atoms with Gasteiger partial charge in [-0.05, 0) is 55.4 Å². The number of cyclic esters (lactones) is 1. The van der Waals surface area contributed by atoms with Gasteiger partial charge in [0.05, 0.1) is 12.5 Å². The van der Waals surface area contributed by atoms with Crippen molar-refractivity contribution in [3.8, 4) is 0 Å². The number of hydrogen-bond acceptors (Lipinski definition) is 3. The van der Waals surface area contributed by atoms with E-state index in [0.29, 0.717) is 24.2 Å². The molecule has 0 saturated carbocycles. The molecule has 0 aromatic carbocycles. The van der Waals surface area contributed by atoms with Crippen molar-refractivity contribution in [3.63, 3.8) is 0 Å². The smallest absolute Gasteiger partial charge is 0.308 e. The van der Waals surface area contributed by atoms with Crippen LogP contribution in [0.15, 0.2) is 23.8 Å². The maximum atomic E-state index is 11.4. The van der Waals surface area contributed by atoms with Crippen LogP contribution >= 0.6 is 0 Å². The Morgan fingerprint density at radius 2 is 2.24 bits per heavy atom. The number of fused-ring (bicyclic) bond motifs is 1. The molecule has 1 aliphatic heterocycles. The quantitative estimate of drug-likeness (QED) is 0.811. The lowest BCUT2D eigenvalue weighted by Crippen LogP contribution is -2.34. The highest BCUT2D eigenvalue weighted by atomic mass is 16.5. The van der Waals surface area contributed by atoms with E-state index < -0.39 is 6.10 Å². The van der Waals surface area contributed by atoms with Gasteiger partial charge in [-0.1, -0.05) is 25.2 Å². The summed E-state index contributed by atoms with van der Waals surface area (Å²) >= 11 is 0. The molecular weight excluding hydrogens is 264 g/mol. The molecule has 0 spiro atoms. The summed E-state index contributed by atoms with van der Waals surface area (Å²) in [4.78, 5) is 11.4. The Bertz CT molecular complexity index is 451. The first-order valence-electron chi connectivity index (χ1n) is 8.39. The van der Waals surface area contributed by atoms with E-state index in [1.54, 1.807) is 0 Å². The fraction of sp³-hybridized carbons (Fsp3) is 0.722. The van der Waals surface area contributed by atoms with Crippen LogP contribution in [0.5, 0.6) is 0 Å². The second-order valence-corrected chi connectivity index (χ2v) is 6.91. The molecule has 3 aliphatic rings. The van der Waals surface area contributed by atoms with Gasteiger partial charge >= 0.3 is 5.97 Å². The van der Waals surface area contributed by atoms with Gasteiger partial charge in [0.1, 0.15) is 6.10 Å². The first kappa shape index (κ1) is 14.8. The maximum Gasteiger partial charge on any atom is 0.308 e. The molecule has 2 aliphatic carbocycles. The predicted molar refractivity (Wildman–Crippen MR) is 81.6 cm³/mol. The summed E-state index contributed by atoms with van der Waals surface area (Å²) in [6, 6.07) is 0. The number of allylic oxidation sites excluding steroid dienone is 4. The standard InChI is InChI=1S/C18H26O3/c1-12-6-7-13-4-2-3-5-17(13)16(12)9-8-15-10-14(19)11-18(20)21-15/h4,6-7,12,14-17,19H,2-3,5,8-11H2,1H3/t12-,14+,15?,16-,17?/m0/s1. The van der Waals surface area contributed by atoms with Gasteiger partial charge < -0.3 is 9.84 Å². The van der Waals surface area contributed by atoms with E-state index in [4.69, 9.17) is 4.74 Å². The lowest BCUT2D eigenvalue weighted by molar-refractivity contribution is -0.160. The summed E-state index contributed by atoms with van der Waals surface area (Å²) < 4.78 is 5.39. The van der Waals surface area contributed by atoms with E-state index in [0.717, 1.165) is 12.8 Å². The monoisotopic (exact) mass is 290 g/mol. The zero-order valence-electron chi connectivity index (χ0n) is 12.8. The SMILES string of the molecule is C[C@H]1C=CC2=CCCCC2[C@H]1CCC1C[C@@H](O)CC(=O)O1. The van der Waals surface area contributed by atoms with Gasteiger partial charge in [-0.3, -0.25) is 4.79 Å². The first-order valence-corrected chi connectivity index (χ1v) is 8.39. The van der Waals surface area contributed by atoms with E-state index >= 15 is 0 Å². The fourth-order valence-electron chi connectivity index (χ4n) is 4.23. The normalized spacial score (nSPS) is 39.4. The molecule has 5 atom stereocenters. The Morgan fingerprint density at radius 1 is 1.38 bits per heavy atom. The number of ether oxygens (including phenoxy) is 1. The Balaban J connectivity index is 1.61. The van der Waals surface area contributed by atoms with E-state index in [2.05, 4.69) is 25.2 Å². The second kappa shape index (κ2) is 6.35. The van der Waals surface area contributed by atoms with Crippen LogP contribution in [0.25, 0.3) is 0 Å². The third-order valence-corrected chi connectivity index (χ3v) is 5.37. The number of esters is 1. The van der Waals surface area contributed by atoms with Crippen LogP contribution < -0.4 is 0 Å². The number of aliphatic hydroxyl groups excluding tert-OH is 1. The summed E-state index contributed by atoms with van der Waals surface area (Å²) in [7, 11) is 0. The molecule has 1 saturated heterocycles. The van der Waals surface area contributed by atoms with Crippen molar-refractivity contribution in [2.45, 2.75) is 64.1 Å². The fourth-order valence-corrected chi connectivity index (χ4v) is 4.23. The van der Waals surface area contributed by atoms with Crippen LogP contribution in [0.3, 0.4) is 0 Å². The van der Waals surface area contributed by atoms with Crippen LogP contribution in [0.2, 0.25) is 0 Å². The molecule has 0 bridgehead atoms. The zero-order valence-corrected chi connectivity index (χ0v) is 12.8. The Morgan fingerprint density at radius 3 is 3.05 bits per heavy atom. The molecule has 0 radical (unpaired) electrons.